The average Bonchev–Trinajstić information content (AvgIpc) is 2.98. The van der Waals surface area contributed by atoms with Crippen LogP contribution in [-0.4, -0.2) is 31.1 Å². The molecule has 0 aromatic heterocycles. The van der Waals surface area contributed by atoms with Crippen LogP contribution >= 0.6 is 11.6 Å². The molecule has 2 aromatic rings. The summed E-state index contributed by atoms with van der Waals surface area (Å²) in [6, 6.07) is 13.1. The summed E-state index contributed by atoms with van der Waals surface area (Å²) in [6.45, 7) is 0.415. The van der Waals surface area contributed by atoms with Crippen molar-refractivity contribution in [2.45, 2.75) is 19.1 Å². The van der Waals surface area contributed by atoms with Crippen LogP contribution in [0.5, 0.6) is 11.5 Å². The van der Waals surface area contributed by atoms with Crippen LogP contribution in [0.3, 0.4) is 0 Å². The predicted octanol–water partition coefficient (Wildman–Crippen LogP) is 3.31. The molecule has 5 heteroatoms. The van der Waals surface area contributed by atoms with Gasteiger partial charge in [-0.2, -0.15) is 0 Å². The first-order valence-corrected chi connectivity index (χ1v) is 7.78. The van der Waals surface area contributed by atoms with Gasteiger partial charge in [0.15, 0.2) is 6.10 Å². The molecule has 0 N–H and O–H groups in total. The zero-order valence-electron chi connectivity index (χ0n) is 13.1. The molecule has 4 nitrogen and oxygen atoms in total. The number of carbonyl (C=O) groups is 1. The number of amides is 1. The van der Waals surface area contributed by atoms with Crippen molar-refractivity contribution in [2.24, 2.45) is 0 Å². The lowest BCUT2D eigenvalue weighted by Crippen LogP contribution is -2.38. The third-order valence-corrected chi connectivity index (χ3v) is 4.18. The van der Waals surface area contributed by atoms with E-state index in [-0.39, 0.29) is 5.91 Å². The molecule has 1 amide bonds. The van der Waals surface area contributed by atoms with Crippen LogP contribution in [0.25, 0.3) is 0 Å². The third-order valence-electron chi connectivity index (χ3n) is 3.95. The summed E-state index contributed by atoms with van der Waals surface area (Å²) < 4.78 is 11.1. The number of para-hydroxylation sites is 1. The molecule has 1 atom stereocenters. The van der Waals surface area contributed by atoms with E-state index >= 15 is 0 Å². The molecule has 3 rings (SSSR count). The van der Waals surface area contributed by atoms with Gasteiger partial charge in [-0.15, -0.1) is 0 Å². The van der Waals surface area contributed by atoms with Gasteiger partial charge in [0.1, 0.15) is 11.5 Å². The van der Waals surface area contributed by atoms with Gasteiger partial charge < -0.3 is 14.4 Å². The maximum atomic E-state index is 12.6. The Morgan fingerprint density at radius 1 is 1.35 bits per heavy atom. The number of nitrogens with zero attached hydrogens (tertiary/aromatic N) is 1. The number of fused-ring (bicyclic) bond motifs is 1. The molecule has 0 saturated heterocycles. The third kappa shape index (κ3) is 3.27. The number of halogens is 1. The topological polar surface area (TPSA) is 38.8 Å². The Hall–Kier alpha value is -2.20. The Kier molecular flexibility index (Phi) is 4.44. The smallest absolute Gasteiger partial charge is 0.264 e. The van der Waals surface area contributed by atoms with E-state index in [1.54, 1.807) is 31.2 Å². The van der Waals surface area contributed by atoms with Gasteiger partial charge in [0.05, 0.1) is 7.11 Å². The van der Waals surface area contributed by atoms with Crippen molar-refractivity contribution in [2.75, 3.05) is 14.2 Å². The highest BCUT2D eigenvalue weighted by molar-refractivity contribution is 6.30. The molecule has 23 heavy (non-hydrogen) atoms. The van der Waals surface area contributed by atoms with E-state index in [4.69, 9.17) is 21.1 Å². The average molecular weight is 332 g/mol. The monoisotopic (exact) mass is 331 g/mol. The van der Waals surface area contributed by atoms with Crippen molar-refractivity contribution in [3.05, 3.63) is 58.6 Å². The number of methoxy groups -OCH3 is 1. The number of rotatable bonds is 4. The lowest BCUT2D eigenvalue weighted by atomic mass is 10.1. The zero-order chi connectivity index (χ0) is 16.4. The molecule has 1 aliphatic rings. The summed E-state index contributed by atoms with van der Waals surface area (Å²) in [5.41, 5.74) is 1.94. The summed E-state index contributed by atoms with van der Waals surface area (Å²) in [6.07, 6.45) is 0.133. The highest BCUT2D eigenvalue weighted by atomic mass is 35.5. The fourth-order valence-corrected chi connectivity index (χ4v) is 2.96. The van der Waals surface area contributed by atoms with Gasteiger partial charge in [-0.3, -0.25) is 4.79 Å². The van der Waals surface area contributed by atoms with E-state index in [1.165, 1.54) is 0 Å². The molecule has 0 aliphatic carbocycles. The van der Waals surface area contributed by atoms with Crippen LogP contribution < -0.4 is 9.47 Å². The van der Waals surface area contributed by atoms with E-state index in [1.807, 2.05) is 30.3 Å². The van der Waals surface area contributed by atoms with Gasteiger partial charge in [0.2, 0.25) is 0 Å². The molecule has 120 valence electrons. The molecule has 0 bridgehead atoms. The second-order valence-corrected chi connectivity index (χ2v) is 6.01. The maximum Gasteiger partial charge on any atom is 0.264 e. The van der Waals surface area contributed by atoms with Crippen LogP contribution in [0, 0.1) is 0 Å². The van der Waals surface area contributed by atoms with Gasteiger partial charge in [-0.25, -0.2) is 0 Å². The maximum absolute atomic E-state index is 12.6. The number of likely N-dealkylation sites (N-methyl/N-ethyl adjacent to an activating group) is 1. The van der Waals surface area contributed by atoms with Gasteiger partial charge in [-0.05, 0) is 29.8 Å². The SMILES string of the molecule is COc1ccc(Cl)cc1CN(C)C(=O)C1Cc2ccccc2O1. The molecule has 2 aromatic carbocycles. The Balaban J connectivity index is 1.71. The summed E-state index contributed by atoms with van der Waals surface area (Å²) in [5.74, 6) is 1.45. The van der Waals surface area contributed by atoms with Crippen LogP contribution in [0.2, 0.25) is 5.02 Å². The summed E-state index contributed by atoms with van der Waals surface area (Å²) >= 11 is 6.04. The first-order valence-electron chi connectivity index (χ1n) is 7.40. The molecule has 1 heterocycles. The minimum Gasteiger partial charge on any atom is -0.496 e. The second-order valence-electron chi connectivity index (χ2n) is 5.57. The molecule has 0 fully saturated rings. The molecule has 0 spiro atoms. The predicted molar refractivity (Wildman–Crippen MR) is 89.0 cm³/mol. The quantitative estimate of drug-likeness (QED) is 0.862. The van der Waals surface area contributed by atoms with Crippen LogP contribution in [-0.2, 0) is 17.8 Å². The number of benzene rings is 2. The Morgan fingerprint density at radius 2 is 2.13 bits per heavy atom. The van der Waals surface area contributed by atoms with E-state index in [9.17, 15) is 4.79 Å². The van der Waals surface area contributed by atoms with E-state index < -0.39 is 6.10 Å². The van der Waals surface area contributed by atoms with Gasteiger partial charge in [0.25, 0.3) is 5.91 Å². The van der Waals surface area contributed by atoms with Crippen molar-refractivity contribution >= 4 is 17.5 Å². The normalized spacial score (nSPS) is 15.7. The minimum atomic E-state index is -0.470. The Bertz CT molecular complexity index is 707. The fourth-order valence-electron chi connectivity index (χ4n) is 2.77. The summed E-state index contributed by atoms with van der Waals surface area (Å²) in [7, 11) is 3.36. The van der Waals surface area contributed by atoms with E-state index in [0.29, 0.717) is 23.7 Å². The van der Waals surface area contributed by atoms with E-state index in [0.717, 1.165) is 16.9 Å². The molecule has 0 radical (unpaired) electrons. The molecular weight excluding hydrogens is 314 g/mol. The van der Waals surface area contributed by atoms with Gasteiger partial charge >= 0.3 is 0 Å². The minimum absolute atomic E-state index is 0.0526. The lowest BCUT2D eigenvalue weighted by molar-refractivity contribution is -0.137. The summed E-state index contributed by atoms with van der Waals surface area (Å²) in [4.78, 5) is 14.3. The van der Waals surface area contributed by atoms with Crippen LogP contribution in [0.15, 0.2) is 42.5 Å². The summed E-state index contributed by atoms with van der Waals surface area (Å²) in [5, 5.41) is 0.617. The van der Waals surface area contributed by atoms with Crippen LogP contribution in [0.4, 0.5) is 0 Å². The van der Waals surface area contributed by atoms with Crippen molar-refractivity contribution in [1.82, 2.24) is 4.90 Å². The number of hydrogen-bond donors (Lipinski definition) is 0. The largest absolute Gasteiger partial charge is 0.496 e. The molecule has 1 aliphatic heterocycles. The van der Waals surface area contributed by atoms with Gasteiger partial charge in [-0.1, -0.05) is 29.8 Å². The first-order chi connectivity index (χ1) is 11.1. The Morgan fingerprint density at radius 3 is 2.87 bits per heavy atom. The molecule has 1 unspecified atom stereocenters. The highest BCUT2D eigenvalue weighted by Gasteiger charge is 2.31. The van der Waals surface area contributed by atoms with Crippen molar-refractivity contribution in [3.63, 3.8) is 0 Å². The molecular formula is C18H18ClNO3. The first kappa shape index (κ1) is 15.7. The Labute approximate surface area is 140 Å². The molecule has 0 saturated carbocycles. The highest BCUT2D eigenvalue weighted by Crippen LogP contribution is 2.29. The lowest BCUT2D eigenvalue weighted by Gasteiger charge is -2.22. The zero-order valence-corrected chi connectivity index (χ0v) is 13.8. The number of carbonyl (C=O) groups excluding carboxylic acids is 1. The number of ether oxygens (including phenoxy) is 2. The van der Waals surface area contributed by atoms with E-state index in [2.05, 4.69) is 0 Å². The standard InChI is InChI=1S/C18H18ClNO3/c1-20(11-13-9-14(19)7-8-15(13)22-2)18(21)17-10-12-5-3-4-6-16(12)23-17/h3-9,17H,10-11H2,1-2H3. The van der Waals surface area contributed by atoms with Crippen LogP contribution in [0.1, 0.15) is 11.1 Å². The van der Waals surface area contributed by atoms with Crippen molar-refractivity contribution in [3.8, 4) is 11.5 Å². The van der Waals surface area contributed by atoms with Crippen molar-refractivity contribution < 1.29 is 14.3 Å². The van der Waals surface area contributed by atoms with Gasteiger partial charge in [0, 0.05) is 30.6 Å². The second kappa shape index (κ2) is 6.50. The fraction of sp³-hybridized carbons (Fsp3) is 0.278. The van der Waals surface area contributed by atoms with Crippen molar-refractivity contribution in [1.29, 1.82) is 0 Å². The number of hydrogen-bond acceptors (Lipinski definition) is 3.